The molecule has 86 valence electrons. The number of ether oxygens (including phenoxy) is 1. The number of hydrogen-bond acceptors (Lipinski definition) is 5. The van der Waals surface area contributed by atoms with E-state index in [0.717, 1.165) is 5.56 Å². The summed E-state index contributed by atoms with van der Waals surface area (Å²) in [4.78, 5) is 11.4. The van der Waals surface area contributed by atoms with Gasteiger partial charge in [-0.15, -0.1) is 0 Å². The largest absolute Gasteiger partial charge is 0.465 e. The molecule has 0 bridgehead atoms. The molecule has 1 aromatic rings. The lowest BCUT2D eigenvalue weighted by Gasteiger charge is -2.17. The van der Waals surface area contributed by atoms with Gasteiger partial charge in [-0.1, -0.05) is 6.07 Å². The third-order valence-electron chi connectivity index (χ3n) is 2.24. The van der Waals surface area contributed by atoms with E-state index in [9.17, 15) is 4.79 Å². The van der Waals surface area contributed by atoms with Gasteiger partial charge in [0.25, 0.3) is 0 Å². The third kappa shape index (κ3) is 2.32. The highest BCUT2D eigenvalue weighted by atomic mass is 16.5. The van der Waals surface area contributed by atoms with Crippen molar-refractivity contribution in [2.24, 2.45) is 11.6 Å². The van der Waals surface area contributed by atoms with E-state index < -0.39 is 0 Å². The quantitative estimate of drug-likeness (QED) is 0.450. The van der Waals surface area contributed by atoms with Gasteiger partial charge in [0, 0.05) is 12.4 Å². The molecular formula is C11H15N3O2. The SMILES string of the molecule is COC(=O)c1cccc(N(N)/C=C\N)c1C. The molecule has 16 heavy (non-hydrogen) atoms. The predicted molar refractivity (Wildman–Crippen MR) is 62.5 cm³/mol. The van der Waals surface area contributed by atoms with Gasteiger partial charge in [0.15, 0.2) is 0 Å². The number of nitrogens with two attached hydrogens (primary N) is 2. The summed E-state index contributed by atoms with van der Waals surface area (Å²) in [6, 6.07) is 5.21. The topological polar surface area (TPSA) is 81.6 Å². The minimum absolute atomic E-state index is 0.385. The zero-order valence-electron chi connectivity index (χ0n) is 9.31. The van der Waals surface area contributed by atoms with Crippen LogP contribution in [0.1, 0.15) is 15.9 Å². The van der Waals surface area contributed by atoms with Crippen molar-refractivity contribution in [3.05, 3.63) is 41.7 Å². The lowest BCUT2D eigenvalue weighted by molar-refractivity contribution is 0.0600. The van der Waals surface area contributed by atoms with Gasteiger partial charge >= 0.3 is 5.97 Å². The average molecular weight is 221 g/mol. The Hall–Kier alpha value is -2.01. The van der Waals surface area contributed by atoms with Gasteiger partial charge in [0.05, 0.1) is 18.4 Å². The molecule has 5 nitrogen and oxygen atoms in total. The Balaban J connectivity index is 3.18. The molecule has 0 saturated heterocycles. The molecule has 0 fully saturated rings. The van der Waals surface area contributed by atoms with Crippen molar-refractivity contribution in [3.63, 3.8) is 0 Å². The van der Waals surface area contributed by atoms with Gasteiger partial charge in [-0.25, -0.2) is 10.6 Å². The Kier molecular flexibility index (Phi) is 3.90. The van der Waals surface area contributed by atoms with E-state index in [0.29, 0.717) is 11.3 Å². The molecular weight excluding hydrogens is 206 g/mol. The maximum Gasteiger partial charge on any atom is 0.338 e. The van der Waals surface area contributed by atoms with Crippen molar-refractivity contribution < 1.29 is 9.53 Å². The summed E-state index contributed by atoms with van der Waals surface area (Å²) in [6.07, 6.45) is 2.83. The normalized spacial score (nSPS) is 10.4. The highest BCUT2D eigenvalue weighted by Crippen LogP contribution is 2.21. The van der Waals surface area contributed by atoms with E-state index in [1.807, 2.05) is 0 Å². The molecule has 0 aromatic heterocycles. The molecule has 0 aliphatic carbocycles. The molecule has 0 heterocycles. The molecule has 0 saturated carbocycles. The van der Waals surface area contributed by atoms with Gasteiger partial charge in [0.2, 0.25) is 0 Å². The fourth-order valence-electron chi connectivity index (χ4n) is 1.41. The first-order valence-corrected chi connectivity index (χ1v) is 4.72. The summed E-state index contributed by atoms with van der Waals surface area (Å²) < 4.78 is 4.67. The van der Waals surface area contributed by atoms with Crippen LogP contribution in [0.3, 0.4) is 0 Å². The smallest absolute Gasteiger partial charge is 0.338 e. The van der Waals surface area contributed by atoms with Crippen molar-refractivity contribution in [1.82, 2.24) is 0 Å². The number of benzene rings is 1. The van der Waals surface area contributed by atoms with E-state index in [2.05, 4.69) is 4.74 Å². The van der Waals surface area contributed by atoms with Gasteiger partial charge in [-0.05, 0) is 24.6 Å². The van der Waals surface area contributed by atoms with E-state index in [4.69, 9.17) is 11.6 Å². The first-order valence-electron chi connectivity index (χ1n) is 4.72. The molecule has 0 aliphatic rings. The number of anilines is 1. The number of methoxy groups -OCH3 is 1. The van der Waals surface area contributed by atoms with E-state index in [1.165, 1.54) is 24.5 Å². The molecule has 0 unspecified atom stereocenters. The summed E-state index contributed by atoms with van der Waals surface area (Å²) in [6.45, 7) is 1.80. The summed E-state index contributed by atoms with van der Waals surface area (Å²) in [5, 5.41) is 1.35. The number of esters is 1. The van der Waals surface area contributed by atoms with Crippen LogP contribution < -0.4 is 16.6 Å². The molecule has 1 aromatic carbocycles. The fraction of sp³-hybridized carbons (Fsp3) is 0.182. The number of hydrogen-bond donors (Lipinski definition) is 2. The maximum absolute atomic E-state index is 11.4. The van der Waals surface area contributed by atoms with Crippen LogP contribution in [0.2, 0.25) is 0 Å². The molecule has 4 N–H and O–H groups in total. The number of hydrazine groups is 1. The zero-order chi connectivity index (χ0) is 12.1. The lowest BCUT2D eigenvalue weighted by Crippen LogP contribution is -2.26. The minimum atomic E-state index is -0.385. The maximum atomic E-state index is 11.4. The number of nitrogens with zero attached hydrogens (tertiary/aromatic N) is 1. The molecule has 0 atom stereocenters. The summed E-state index contributed by atoms with van der Waals surface area (Å²) in [5.74, 6) is 5.35. The van der Waals surface area contributed by atoms with Crippen LogP contribution in [0.15, 0.2) is 30.6 Å². The van der Waals surface area contributed by atoms with Crippen LogP contribution in [0, 0.1) is 6.92 Å². The summed E-state index contributed by atoms with van der Waals surface area (Å²) in [5.41, 5.74) is 7.18. The number of carbonyl (C=O) groups is 1. The average Bonchev–Trinajstić information content (AvgIpc) is 2.28. The van der Waals surface area contributed by atoms with Crippen molar-refractivity contribution >= 4 is 11.7 Å². The van der Waals surface area contributed by atoms with Crippen molar-refractivity contribution in [2.45, 2.75) is 6.92 Å². The Bertz CT molecular complexity index is 416. The Morgan fingerprint density at radius 1 is 1.50 bits per heavy atom. The van der Waals surface area contributed by atoms with Crippen molar-refractivity contribution in [2.75, 3.05) is 12.1 Å². The standard InChI is InChI=1S/C11H15N3O2/c1-8-9(11(15)16-2)4-3-5-10(8)14(13)7-6-12/h3-7H,12-13H2,1-2H3/b7-6-. The molecule has 0 spiro atoms. The second-order valence-electron chi connectivity index (χ2n) is 3.19. The van der Waals surface area contributed by atoms with E-state index in [-0.39, 0.29) is 5.97 Å². The molecule has 0 amide bonds. The Labute approximate surface area is 94.3 Å². The predicted octanol–water partition coefficient (Wildman–Crippen LogP) is 0.892. The van der Waals surface area contributed by atoms with Crippen LogP contribution in [-0.2, 0) is 4.74 Å². The van der Waals surface area contributed by atoms with E-state index in [1.54, 1.807) is 25.1 Å². The Morgan fingerprint density at radius 3 is 2.75 bits per heavy atom. The third-order valence-corrected chi connectivity index (χ3v) is 2.24. The second kappa shape index (κ2) is 5.18. The van der Waals surface area contributed by atoms with Gasteiger partial charge < -0.3 is 10.5 Å². The number of carbonyl (C=O) groups excluding carboxylic acids is 1. The Morgan fingerprint density at radius 2 is 2.19 bits per heavy atom. The first-order chi connectivity index (χ1) is 7.61. The molecule has 5 heteroatoms. The van der Waals surface area contributed by atoms with Gasteiger partial charge in [0.1, 0.15) is 0 Å². The first kappa shape index (κ1) is 12.1. The van der Waals surface area contributed by atoms with Crippen LogP contribution in [0.4, 0.5) is 5.69 Å². The summed E-state index contributed by atoms with van der Waals surface area (Å²) >= 11 is 0. The van der Waals surface area contributed by atoms with Crippen LogP contribution in [-0.4, -0.2) is 13.1 Å². The molecule has 1 rings (SSSR count). The monoisotopic (exact) mass is 221 g/mol. The fourth-order valence-corrected chi connectivity index (χ4v) is 1.41. The van der Waals surface area contributed by atoms with Crippen molar-refractivity contribution in [3.8, 4) is 0 Å². The minimum Gasteiger partial charge on any atom is -0.465 e. The zero-order valence-corrected chi connectivity index (χ0v) is 9.31. The number of rotatable bonds is 3. The lowest BCUT2D eigenvalue weighted by atomic mass is 10.1. The highest BCUT2D eigenvalue weighted by molar-refractivity contribution is 5.92. The summed E-state index contributed by atoms with van der Waals surface area (Å²) in [7, 11) is 1.34. The van der Waals surface area contributed by atoms with Crippen LogP contribution >= 0.6 is 0 Å². The molecule has 0 radical (unpaired) electrons. The second-order valence-corrected chi connectivity index (χ2v) is 3.19. The van der Waals surface area contributed by atoms with E-state index >= 15 is 0 Å². The highest BCUT2D eigenvalue weighted by Gasteiger charge is 2.13. The van der Waals surface area contributed by atoms with Crippen molar-refractivity contribution in [1.29, 1.82) is 0 Å². The van der Waals surface area contributed by atoms with Crippen LogP contribution in [0.5, 0.6) is 0 Å². The van der Waals surface area contributed by atoms with Crippen LogP contribution in [0.25, 0.3) is 0 Å². The van der Waals surface area contributed by atoms with Gasteiger partial charge in [-0.3, -0.25) is 5.01 Å². The van der Waals surface area contributed by atoms with Gasteiger partial charge in [-0.2, -0.15) is 0 Å². The molecule has 0 aliphatic heterocycles.